The van der Waals surface area contributed by atoms with Crippen molar-refractivity contribution in [2.24, 2.45) is 0 Å². The van der Waals surface area contributed by atoms with Crippen molar-refractivity contribution >= 4 is 61.2 Å². The first kappa shape index (κ1) is 21.6. The van der Waals surface area contributed by atoms with Crippen LogP contribution in [0.2, 0.25) is 0 Å². The molecule has 0 fully saturated rings. The van der Waals surface area contributed by atoms with Crippen LogP contribution in [-0.4, -0.2) is 17.2 Å². The molecular weight excluding hydrogens is 449 g/mol. The van der Waals surface area contributed by atoms with Crippen LogP contribution >= 0.6 is 11.3 Å². The predicted octanol–water partition coefficient (Wildman–Crippen LogP) is 6.87. The summed E-state index contributed by atoms with van der Waals surface area (Å²) in [6.45, 7) is 0. The number of rotatable bonds is 5. The standard InChI is InChI=1S/C30H22BNO2S/c33-31(34)23-15-19-25(20-16-23)32(24-17-13-22(14-18-24)21-7-2-1-3-8-21)27-10-6-12-29-30(27)26-9-4-5-11-28(26)35-29/h1-20,33-34H. The largest absolute Gasteiger partial charge is 0.488 e. The summed E-state index contributed by atoms with van der Waals surface area (Å²) in [7, 11) is -1.49. The van der Waals surface area contributed by atoms with E-state index in [2.05, 4.69) is 95.9 Å². The lowest BCUT2D eigenvalue weighted by Gasteiger charge is -2.27. The van der Waals surface area contributed by atoms with E-state index in [0.717, 1.165) is 22.6 Å². The molecule has 168 valence electrons. The van der Waals surface area contributed by atoms with Gasteiger partial charge in [0.25, 0.3) is 0 Å². The van der Waals surface area contributed by atoms with Crippen LogP contribution in [0.5, 0.6) is 0 Å². The van der Waals surface area contributed by atoms with E-state index in [-0.39, 0.29) is 0 Å². The first-order valence-electron chi connectivity index (χ1n) is 11.5. The van der Waals surface area contributed by atoms with Gasteiger partial charge in [0.05, 0.1) is 5.69 Å². The molecule has 1 aromatic heterocycles. The number of nitrogens with zero attached hydrogens (tertiary/aromatic N) is 1. The molecule has 0 atom stereocenters. The van der Waals surface area contributed by atoms with E-state index < -0.39 is 7.12 Å². The quantitative estimate of drug-likeness (QED) is 0.270. The molecule has 5 heteroatoms. The molecule has 0 radical (unpaired) electrons. The molecule has 0 saturated heterocycles. The zero-order valence-electron chi connectivity index (χ0n) is 18.9. The van der Waals surface area contributed by atoms with Gasteiger partial charge < -0.3 is 14.9 Å². The zero-order chi connectivity index (χ0) is 23.8. The minimum absolute atomic E-state index is 0.465. The van der Waals surface area contributed by atoms with Crippen LogP contribution in [-0.2, 0) is 0 Å². The number of hydrogen-bond acceptors (Lipinski definition) is 4. The van der Waals surface area contributed by atoms with Gasteiger partial charge in [-0.1, -0.05) is 78.9 Å². The Kier molecular flexibility index (Phi) is 5.59. The van der Waals surface area contributed by atoms with Crippen LogP contribution in [0.1, 0.15) is 0 Å². The highest BCUT2D eigenvalue weighted by Gasteiger charge is 2.19. The van der Waals surface area contributed by atoms with Gasteiger partial charge in [0.2, 0.25) is 0 Å². The topological polar surface area (TPSA) is 43.7 Å². The van der Waals surface area contributed by atoms with Crippen LogP contribution in [0.4, 0.5) is 17.1 Å². The Morgan fingerprint density at radius 3 is 1.86 bits per heavy atom. The lowest BCUT2D eigenvalue weighted by molar-refractivity contribution is 0.426. The molecule has 0 aliphatic heterocycles. The minimum atomic E-state index is -1.49. The highest BCUT2D eigenvalue weighted by Crippen LogP contribution is 2.44. The second-order valence-corrected chi connectivity index (χ2v) is 9.55. The van der Waals surface area contributed by atoms with E-state index in [0.29, 0.717) is 5.46 Å². The van der Waals surface area contributed by atoms with E-state index in [1.54, 1.807) is 23.5 Å². The van der Waals surface area contributed by atoms with E-state index in [1.807, 2.05) is 18.2 Å². The Morgan fingerprint density at radius 2 is 1.14 bits per heavy atom. The van der Waals surface area contributed by atoms with Crippen molar-refractivity contribution in [2.45, 2.75) is 0 Å². The lowest BCUT2D eigenvalue weighted by Crippen LogP contribution is -2.29. The van der Waals surface area contributed by atoms with Crippen LogP contribution in [0, 0.1) is 0 Å². The second-order valence-electron chi connectivity index (χ2n) is 8.46. The maximum Gasteiger partial charge on any atom is 0.488 e. The summed E-state index contributed by atoms with van der Waals surface area (Å²) in [5.41, 5.74) is 5.87. The fourth-order valence-electron chi connectivity index (χ4n) is 4.60. The maximum atomic E-state index is 9.60. The van der Waals surface area contributed by atoms with E-state index in [1.165, 1.54) is 25.7 Å². The summed E-state index contributed by atoms with van der Waals surface area (Å²) in [4.78, 5) is 2.24. The first-order chi connectivity index (χ1) is 17.2. The number of hydrogen-bond donors (Lipinski definition) is 2. The van der Waals surface area contributed by atoms with Crippen molar-refractivity contribution in [3.8, 4) is 11.1 Å². The number of fused-ring (bicyclic) bond motifs is 3. The molecule has 0 bridgehead atoms. The van der Waals surface area contributed by atoms with Gasteiger partial charge in [0.15, 0.2) is 0 Å². The molecule has 0 saturated carbocycles. The molecule has 2 N–H and O–H groups in total. The molecule has 0 amide bonds. The van der Waals surface area contributed by atoms with Crippen molar-refractivity contribution in [3.05, 3.63) is 121 Å². The maximum absolute atomic E-state index is 9.60. The van der Waals surface area contributed by atoms with Gasteiger partial charge in [-0.2, -0.15) is 0 Å². The van der Waals surface area contributed by atoms with Gasteiger partial charge in [-0.15, -0.1) is 11.3 Å². The summed E-state index contributed by atoms with van der Waals surface area (Å²) < 4.78 is 2.49. The molecule has 5 aromatic carbocycles. The van der Waals surface area contributed by atoms with Crippen LogP contribution in [0.25, 0.3) is 31.3 Å². The first-order valence-corrected chi connectivity index (χ1v) is 12.3. The van der Waals surface area contributed by atoms with E-state index in [4.69, 9.17) is 0 Å². The Labute approximate surface area is 208 Å². The third-order valence-corrected chi connectivity index (χ3v) is 7.44. The SMILES string of the molecule is OB(O)c1ccc(N(c2ccc(-c3ccccc3)cc2)c2cccc3sc4ccccc4c23)cc1. The van der Waals surface area contributed by atoms with Crippen molar-refractivity contribution in [1.82, 2.24) is 0 Å². The fraction of sp³-hybridized carbons (Fsp3) is 0. The lowest BCUT2D eigenvalue weighted by atomic mass is 9.80. The minimum Gasteiger partial charge on any atom is -0.423 e. The molecular formula is C30H22BNO2S. The second kappa shape index (κ2) is 9.04. The molecule has 6 aromatic rings. The molecule has 35 heavy (non-hydrogen) atoms. The van der Waals surface area contributed by atoms with Crippen molar-refractivity contribution in [3.63, 3.8) is 0 Å². The molecule has 0 aliphatic carbocycles. The summed E-state index contributed by atoms with van der Waals surface area (Å²) in [5.74, 6) is 0. The average molecular weight is 471 g/mol. The highest BCUT2D eigenvalue weighted by atomic mass is 32.1. The van der Waals surface area contributed by atoms with Crippen LogP contribution < -0.4 is 10.4 Å². The van der Waals surface area contributed by atoms with E-state index in [9.17, 15) is 10.0 Å². The highest BCUT2D eigenvalue weighted by molar-refractivity contribution is 7.26. The zero-order valence-corrected chi connectivity index (χ0v) is 19.7. The Balaban J connectivity index is 1.55. The number of anilines is 3. The summed E-state index contributed by atoms with van der Waals surface area (Å²) >= 11 is 1.80. The Hall–Kier alpha value is -3.90. The van der Waals surface area contributed by atoms with Gasteiger partial charge in [-0.25, -0.2) is 0 Å². The normalized spacial score (nSPS) is 11.1. The van der Waals surface area contributed by atoms with Crippen molar-refractivity contribution < 1.29 is 10.0 Å². The summed E-state index contributed by atoms with van der Waals surface area (Å²) in [5, 5.41) is 21.6. The van der Waals surface area contributed by atoms with Gasteiger partial charge >= 0.3 is 7.12 Å². The molecule has 3 nitrogen and oxygen atoms in total. The Morgan fingerprint density at radius 1 is 0.543 bits per heavy atom. The molecule has 0 unspecified atom stereocenters. The predicted molar refractivity (Wildman–Crippen MR) is 149 cm³/mol. The molecule has 0 spiro atoms. The molecule has 1 heterocycles. The monoisotopic (exact) mass is 471 g/mol. The fourth-order valence-corrected chi connectivity index (χ4v) is 5.73. The smallest absolute Gasteiger partial charge is 0.423 e. The third-order valence-electron chi connectivity index (χ3n) is 6.30. The average Bonchev–Trinajstić information content (AvgIpc) is 3.30. The number of thiophene rings is 1. The Bertz CT molecular complexity index is 1610. The van der Waals surface area contributed by atoms with E-state index >= 15 is 0 Å². The number of benzene rings is 5. The van der Waals surface area contributed by atoms with Gasteiger partial charge in [-0.05, 0) is 59.1 Å². The molecule has 0 aliphatic rings. The van der Waals surface area contributed by atoms with Crippen LogP contribution in [0.3, 0.4) is 0 Å². The third kappa shape index (κ3) is 4.00. The van der Waals surface area contributed by atoms with Gasteiger partial charge in [0.1, 0.15) is 0 Å². The van der Waals surface area contributed by atoms with Crippen LogP contribution in [0.15, 0.2) is 121 Å². The summed E-state index contributed by atoms with van der Waals surface area (Å²) in [6.07, 6.45) is 0. The summed E-state index contributed by atoms with van der Waals surface area (Å²) in [6, 6.07) is 41.3. The van der Waals surface area contributed by atoms with Gasteiger partial charge in [0, 0.05) is 31.5 Å². The van der Waals surface area contributed by atoms with Crippen molar-refractivity contribution in [1.29, 1.82) is 0 Å². The van der Waals surface area contributed by atoms with Crippen molar-refractivity contribution in [2.75, 3.05) is 4.90 Å². The molecule has 6 rings (SSSR count). The van der Waals surface area contributed by atoms with Gasteiger partial charge in [-0.3, -0.25) is 0 Å².